The van der Waals surface area contributed by atoms with E-state index in [0.717, 1.165) is 32.4 Å². The number of benzene rings is 1. The highest BCUT2D eigenvalue weighted by molar-refractivity contribution is 5.56. The van der Waals surface area contributed by atoms with Gasteiger partial charge in [0.25, 0.3) is 0 Å². The van der Waals surface area contributed by atoms with Crippen LogP contribution in [-0.2, 0) is 19.4 Å². The lowest BCUT2D eigenvalue weighted by Crippen LogP contribution is -2.45. The molecule has 1 saturated carbocycles. The number of likely N-dealkylation sites (N-methyl/N-ethyl adjacent to an activating group) is 1. The minimum absolute atomic E-state index is 0.395. The lowest BCUT2D eigenvalue weighted by Gasteiger charge is -2.37. The summed E-state index contributed by atoms with van der Waals surface area (Å²) in [5.41, 5.74) is 13.1. The molecule has 5 nitrogen and oxygen atoms in total. The number of hydrogen-bond acceptors (Lipinski definition) is 5. The normalized spacial score (nSPS) is 28.1. The third-order valence-electron chi connectivity index (χ3n) is 7.64. The molecule has 31 heavy (non-hydrogen) atoms. The number of aromatic nitrogens is 1. The summed E-state index contributed by atoms with van der Waals surface area (Å²) in [5.74, 6) is 0. The van der Waals surface area contributed by atoms with Gasteiger partial charge in [-0.05, 0) is 87.2 Å². The van der Waals surface area contributed by atoms with Gasteiger partial charge in [0.05, 0.1) is 11.7 Å². The summed E-state index contributed by atoms with van der Waals surface area (Å²) in [5, 5.41) is 7.67. The number of fused-ring (bicyclic) bond motifs is 2. The Balaban J connectivity index is 1.26. The van der Waals surface area contributed by atoms with Crippen LogP contribution in [0.15, 0.2) is 36.5 Å². The molecule has 1 aromatic heterocycles. The second kappa shape index (κ2) is 9.27. The van der Waals surface area contributed by atoms with Crippen molar-refractivity contribution in [2.45, 2.75) is 82.1 Å². The van der Waals surface area contributed by atoms with Gasteiger partial charge < -0.3 is 16.4 Å². The molecular formula is C26H37N5. The zero-order valence-electron chi connectivity index (χ0n) is 18.8. The fourth-order valence-corrected chi connectivity index (χ4v) is 5.85. The van der Waals surface area contributed by atoms with Crippen LogP contribution < -0.4 is 16.4 Å². The second-order valence-electron chi connectivity index (χ2n) is 9.88. The van der Waals surface area contributed by atoms with Crippen LogP contribution in [0, 0.1) is 0 Å². The number of aryl methyl sites for hydroxylation is 1. The molecule has 1 fully saturated rings. The van der Waals surface area contributed by atoms with Gasteiger partial charge in [0.2, 0.25) is 0 Å². The molecule has 0 bridgehead atoms. The first-order valence-corrected chi connectivity index (χ1v) is 12.2. The molecule has 2 heterocycles. The van der Waals surface area contributed by atoms with E-state index in [4.69, 9.17) is 10.7 Å². The topological polar surface area (TPSA) is 66.2 Å². The number of hydrogen-bond donors (Lipinski definition) is 3. The molecular weight excluding hydrogens is 382 g/mol. The van der Waals surface area contributed by atoms with Gasteiger partial charge in [-0.25, -0.2) is 0 Å². The van der Waals surface area contributed by atoms with E-state index in [0.29, 0.717) is 24.2 Å². The summed E-state index contributed by atoms with van der Waals surface area (Å²) >= 11 is 0. The van der Waals surface area contributed by atoms with Gasteiger partial charge in [0.15, 0.2) is 0 Å². The van der Waals surface area contributed by atoms with Crippen LogP contribution in [0.2, 0.25) is 0 Å². The maximum Gasteiger partial charge on any atom is 0.0607 e. The average molecular weight is 420 g/mol. The smallest absolute Gasteiger partial charge is 0.0607 e. The molecule has 2 atom stereocenters. The summed E-state index contributed by atoms with van der Waals surface area (Å²) in [6, 6.07) is 13.0. The minimum atomic E-state index is 0.395. The van der Waals surface area contributed by atoms with Crippen molar-refractivity contribution < 1.29 is 0 Å². The lowest BCUT2D eigenvalue weighted by atomic mass is 9.89. The van der Waals surface area contributed by atoms with E-state index in [9.17, 15) is 0 Å². The van der Waals surface area contributed by atoms with Gasteiger partial charge in [-0.1, -0.05) is 18.2 Å². The van der Waals surface area contributed by atoms with E-state index in [-0.39, 0.29) is 0 Å². The Morgan fingerprint density at radius 3 is 2.81 bits per heavy atom. The Hall–Kier alpha value is -1.95. The fourth-order valence-electron chi connectivity index (χ4n) is 5.85. The number of nitrogens with one attached hydrogen (secondary N) is 2. The summed E-state index contributed by atoms with van der Waals surface area (Å²) in [6.07, 6.45) is 11.3. The van der Waals surface area contributed by atoms with Crippen molar-refractivity contribution in [3.63, 3.8) is 0 Å². The van der Waals surface area contributed by atoms with Gasteiger partial charge in [0.1, 0.15) is 0 Å². The summed E-state index contributed by atoms with van der Waals surface area (Å²) in [7, 11) is 2.28. The SMILES string of the molecule is CN(C[C@H]1Cc2c(cccc2N[C@H]2CC[C@H](N)CC2)CN1)[C@H]1CCCc2cccnc21. The molecule has 0 amide bonds. The number of rotatable bonds is 5. The first-order valence-electron chi connectivity index (χ1n) is 12.2. The first-order chi connectivity index (χ1) is 15.2. The lowest BCUT2D eigenvalue weighted by molar-refractivity contribution is 0.191. The molecule has 0 spiro atoms. The zero-order valence-corrected chi connectivity index (χ0v) is 18.8. The molecule has 4 N–H and O–H groups in total. The van der Waals surface area contributed by atoms with Gasteiger partial charge >= 0.3 is 0 Å². The maximum absolute atomic E-state index is 6.11. The van der Waals surface area contributed by atoms with Crippen LogP contribution in [0.4, 0.5) is 5.69 Å². The first kappa shape index (κ1) is 20.9. The van der Waals surface area contributed by atoms with E-state index in [2.05, 4.69) is 52.9 Å². The molecule has 1 aliphatic heterocycles. The van der Waals surface area contributed by atoms with Crippen LogP contribution in [0.25, 0.3) is 0 Å². The predicted octanol–water partition coefficient (Wildman–Crippen LogP) is 3.79. The van der Waals surface area contributed by atoms with Crippen molar-refractivity contribution in [3.05, 3.63) is 58.9 Å². The minimum Gasteiger partial charge on any atom is -0.382 e. The second-order valence-corrected chi connectivity index (χ2v) is 9.88. The number of pyridine rings is 1. The predicted molar refractivity (Wildman–Crippen MR) is 127 cm³/mol. The molecule has 5 rings (SSSR count). The van der Waals surface area contributed by atoms with Crippen LogP contribution >= 0.6 is 0 Å². The molecule has 2 aliphatic carbocycles. The summed E-state index contributed by atoms with van der Waals surface area (Å²) in [6.45, 7) is 2.01. The highest BCUT2D eigenvalue weighted by Crippen LogP contribution is 2.33. The van der Waals surface area contributed by atoms with Gasteiger partial charge in [-0.3, -0.25) is 9.88 Å². The van der Waals surface area contributed by atoms with Crippen molar-refractivity contribution in [1.82, 2.24) is 15.2 Å². The Morgan fingerprint density at radius 2 is 1.94 bits per heavy atom. The molecule has 1 aromatic carbocycles. The summed E-state index contributed by atoms with van der Waals surface area (Å²) in [4.78, 5) is 7.29. The Labute approximate surface area is 186 Å². The van der Waals surface area contributed by atoms with Gasteiger partial charge in [-0.15, -0.1) is 0 Å². The highest BCUT2D eigenvalue weighted by Gasteiger charge is 2.29. The van der Waals surface area contributed by atoms with Crippen LogP contribution in [0.5, 0.6) is 0 Å². The Bertz CT molecular complexity index is 889. The van der Waals surface area contributed by atoms with Crippen molar-refractivity contribution in [2.75, 3.05) is 18.9 Å². The van der Waals surface area contributed by atoms with E-state index in [1.165, 1.54) is 60.2 Å². The third kappa shape index (κ3) is 4.64. The number of nitrogens with two attached hydrogens (primary N) is 1. The fraction of sp³-hybridized carbons (Fsp3) is 0.577. The van der Waals surface area contributed by atoms with Crippen LogP contribution in [0.1, 0.15) is 67.0 Å². The van der Waals surface area contributed by atoms with E-state index < -0.39 is 0 Å². The van der Waals surface area contributed by atoms with Crippen molar-refractivity contribution in [2.24, 2.45) is 5.73 Å². The van der Waals surface area contributed by atoms with Crippen molar-refractivity contribution in [1.29, 1.82) is 0 Å². The number of nitrogens with zero attached hydrogens (tertiary/aromatic N) is 2. The third-order valence-corrected chi connectivity index (χ3v) is 7.64. The van der Waals surface area contributed by atoms with Crippen molar-refractivity contribution >= 4 is 5.69 Å². The van der Waals surface area contributed by atoms with E-state index in [1.54, 1.807) is 0 Å². The van der Waals surface area contributed by atoms with Crippen LogP contribution in [-0.4, -0.2) is 41.6 Å². The van der Waals surface area contributed by atoms with E-state index in [1.807, 2.05) is 6.20 Å². The van der Waals surface area contributed by atoms with Crippen LogP contribution in [0.3, 0.4) is 0 Å². The molecule has 2 aromatic rings. The largest absolute Gasteiger partial charge is 0.382 e. The van der Waals surface area contributed by atoms with Gasteiger partial charge in [0, 0.05) is 43.1 Å². The molecule has 5 heteroatoms. The molecule has 166 valence electrons. The quantitative estimate of drug-likeness (QED) is 0.688. The summed E-state index contributed by atoms with van der Waals surface area (Å²) < 4.78 is 0. The van der Waals surface area contributed by atoms with Gasteiger partial charge in [-0.2, -0.15) is 0 Å². The highest BCUT2D eigenvalue weighted by atomic mass is 15.2. The molecule has 0 saturated heterocycles. The monoisotopic (exact) mass is 419 g/mol. The van der Waals surface area contributed by atoms with Crippen molar-refractivity contribution in [3.8, 4) is 0 Å². The molecule has 0 radical (unpaired) electrons. The maximum atomic E-state index is 6.11. The Morgan fingerprint density at radius 1 is 1.10 bits per heavy atom. The van der Waals surface area contributed by atoms with E-state index >= 15 is 0 Å². The molecule has 3 aliphatic rings. The number of anilines is 1. The average Bonchev–Trinajstić information content (AvgIpc) is 2.80. The zero-order chi connectivity index (χ0) is 21.2. The molecule has 0 unspecified atom stereocenters. The Kier molecular flexibility index (Phi) is 6.26. The standard InChI is InChI=1S/C26H37N5/c1-31(25-9-3-5-18-7-4-14-28-26(18)25)17-22-15-23-19(16-29-22)6-2-8-24(23)30-21-12-10-20(27)11-13-21/h2,4,6-8,14,20-22,25,29-30H,3,5,9-13,15-17,27H2,1H3/t20-,21-,22-,25+/m1/s1.